The number of carbonyl (C=O) groups is 1. The van der Waals surface area contributed by atoms with Crippen molar-refractivity contribution in [2.45, 2.75) is 57.9 Å². The van der Waals surface area contributed by atoms with Crippen molar-refractivity contribution in [2.75, 3.05) is 32.3 Å². The maximum atomic E-state index is 13.7. The quantitative estimate of drug-likeness (QED) is 0.170. The van der Waals surface area contributed by atoms with Crippen LogP contribution in [0.25, 0.3) is 0 Å². The minimum atomic E-state index is -3.40. The molecule has 0 radical (unpaired) electrons. The molecule has 3 aromatic rings. The summed E-state index contributed by atoms with van der Waals surface area (Å²) >= 11 is 0. The van der Waals surface area contributed by atoms with Crippen molar-refractivity contribution in [3.63, 3.8) is 0 Å². The van der Waals surface area contributed by atoms with Gasteiger partial charge in [0.25, 0.3) is 5.91 Å². The molecule has 0 spiro atoms. The summed E-state index contributed by atoms with van der Waals surface area (Å²) < 4.78 is 42.2. The van der Waals surface area contributed by atoms with Crippen LogP contribution in [-0.2, 0) is 27.6 Å². The Morgan fingerprint density at radius 1 is 0.822 bits per heavy atom. The van der Waals surface area contributed by atoms with E-state index in [0.717, 1.165) is 16.9 Å². The number of aliphatic hydroxyl groups is 1. The summed E-state index contributed by atoms with van der Waals surface area (Å²) in [6.07, 6.45) is -1.17. The third kappa shape index (κ3) is 13.7. The van der Waals surface area contributed by atoms with Crippen LogP contribution in [0, 0.1) is 5.92 Å². The maximum absolute atomic E-state index is 13.7. The van der Waals surface area contributed by atoms with Crippen LogP contribution in [0.1, 0.15) is 37.8 Å². The number of amides is 1. The van der Waals surface area contributed by atoms with E-state index in [2.05, 4.69) is 10.6 Å². The van der Waals surface area contributed by atoms with Gasteiger partial charge >= 0.3 is 0 Å². The molecule has 3 atom stereocenters. The minimum absolute atomic E-state index is 0. The molecule has 9 nitrogen and oxygen atoms in total. The van der Waals surface area contributed by atoms with Crippen molar-refractivity contribution >= 4 is 28.2 Å². The van der Waals surface area contributed by atoms with Crippen molar-refractivity contribution in [2.24, 2.45) is 5.92 Å². The number of nitrogens with one attached hydrogen (secondary N) is 2. The summed E-state index contributed by atoms with van der Waals surface area (Å²) in [6.45, 7) is 4.65. The lowest BCUT2D eigenvalue weighted by Crippen LogP contribution is -2.52. The number of carbonyl (C=O) groups excluding carboxylic acids is 1. The molecule has 0 aliphatic carbocycles. The van der Waals surface area contributed by atoms with Crippen LogP contribution < -0.4 is 24.8 Å². The fourth-order valence-electron chi connectivity index (χ4n) is 4.60. The molecule has 0 aliphatic rings. The summed E-state index contributed by atoms with van der Waals surface area (Å²) in [5, 5.41) is 17.5. The van der Waals surface area contributed by atoms with E-state index in [9.17, 15) is 18.3 Å². The Bertz CT molecular complexity index is 1410. The predicted octanol–water partition coefficient (Wildman–Crippen LogP) is 4.60. The SMILES string of the molecule is COc1cccc(CNC[C@H](O)[C@H](Cc2ccccc2)NC(=O)C(CCS(=O)(=O)CCC(C)C)Oc2cccc(OC)c2)c1.Cl. The van der Waals surface area contributed by atoms with Crippen molar-refractivity contribution in [3.05, 3.63) is 90.0 Å². The van der Waals surface area contributed by atoms with E-state index in [0.29, 0.717) is 30.9 Å². The summed E-state index contributed by atoms with van der Waals surface area (Å²) in [6, 6.07) is 23.4. The Morgan fingerprint density at radius 2 is 1.42 bits per heavy atom. The molecule has 0 saturated heterocycles. The van der Waals surface area contributed by atoms with Gasteiger partial charge in [0.05, 0.1) is 37.9 Å². The predicted molar refractivity (Wildman–Crippen MR) is 180 cm³/mol. The zero-order chi connectivity index (χ0) is 32.0. The Balaban J connectivity index is 0.00000705. The van der Waals surface area contributed by atoms with Gasteiger partial charge in [-0.15, -0.1) is 12.4 Å². The molecule has 0 bridgehead atoms. The monoisotopic (exact) mass is 662 g/mol. The number of hydrogen-bond donors (Lipinski definition) is 3. The van der Waals surface area contributed by atoms with Crippen molar-refractivity contribution in [1.82, 2.24) is 10.6 Å². The van der Waals surface area contributed by atoms with Gasteiger partial charge in [0.1, 0.15) is 27.1 Å². The summed E-state index contributed by atoms with van der Waals surface area (Å²) in [5.41, 5.74) is 1.93. The van der Waals surface area contributed by atoms with E-state index in [4.69, 9.17) is 14.2 Å². The number of benzene rings is 3. The van der Waals surface area contributed by atoms with Gasteiger partial charge in [-0.1, -0.05) is 62.4 Å². The molecule has 1 amide bonds. The molecule has 3 rings (SSSR count). The van der Waals surface area contributed by atoms with E-state index >= 15 is 0 Å². The van der Waals surface area contributed by atoms with E-state index in [1.54, 1.807) is 31.4 Å². The smallest absolute Gasteiger partial charge is 0.261 e. The third-order valence-corrected chi connectivity index (χ3v) is 8.93. The molecule has 0 aromatic heterocycles. The van der Waals surface area contributed by atoms with Crippen LogP contribution in [0.4, 0.5) is 0 Å². The highest BCUT2D eigenvalue weighted by Gasteiger charge is 2.29. The van der Waals surface area contributed by atoms with Gasteiger partial charge in [0, 0.05) is 25.6 Å². The largest absolute Gasteiger partial charge is 0.497 e. The van der Waals surface area contributed by atoms with Gasteiger partial charge in [-0.25, -0.2) is 8.42 Å². The molecule has 0 heterocycles. The van der Waals surface area contributed by atoms with Crippen molar-refractivity contribution < 1.29 is 32.5 Å². The van der Waals surface area contributed by atoms with Gasteiger partial charge in [-0.05, 0) is 54.2 Å². The summed E-state index contributed by atoms with van der Waals surface area (Å²) in [5.74, 6) is 1.26. The molecular weight excluding hydrogens is 616 g/mol. The van der Waals surface area contributed by atoms with Crippen LogP contribution in [-0.4, -0.2) is 70.0 Å². The molecule has 0 saturated carbocycles. The lowest BCUT2D eigenvalue weighted by molar-refractivity contribution is -0.129. The lowest BCUT2D eigenvalue weighted by atomic mass is 10.0. The number of methoxy groups -OCH3 is 2. The molecule has 0 aliphatic heterocycles. The average molecular weight is 663 g/mol. The highest BCUT2D eigenvalue weighted by molar-refractivity contribution is 7.91. The zero-order valence-corrected chi connectivity index (χ0v) is 28.1. The molecule has 45 heavy (non-hydrogen) atoms. The standard InChI is InChI=1S/C34H46N2O7S.ClH/c1-25(2)16-18-44(39,40)19-17-33(43-30-15-9-14-29(22-30)42-4)34(38)36-31(21-26-10-6-5-7-11-26)32(37)24-35-23-27-12-8-13-28(20-27)41-3;/h5-15,20,22,25,31-33,35,37H,16-19,21,23-24H2,1-4H3,(H,36,38);1H/t31-,32-,33?;/m0./s1. The Morgan fingerprint density at radius 3 is 2.09 bits per heavy atom. The molecule has 3 N–H and O–H groups in total. The number of ether oxygens (including phenoxy) is 3. The van der Waals surface area contributed by atoms with Gasteiger partial charge in [-0.2, -0.15) is 0 Å². The number of rotatable bonds is 19. The fourth-order valence-corrected chi connectivity index (χ4v) is 6.21. The number of aliphatic hydroxyl groups excluding tert-OH is 1. The van der Waals surface area contributed by atoms with E-state index in [1.807, 2.05) is 68.4 Å². The van der Waals surface area contributed by atoms with Crippen LogP contribution >= 0.6 is 12.4 Å². The molecular formula is C34H47ClN2O7S. The highest BCUT2D eigenvalue weighted by atomic mass is 35.5. The first-order valence-electron chi connectivity index (χ1n) is 15.0. The zero-order valence-electron chi connectivity index (χ0n) is 26.5. The van der Waals surface area contributed by atoms with Gasteiger partial charge < -0.3 is 30.0 Å². The van der Waals surface area contributed by atoms with Gasteiger partial charge in [-0.3, -0.25) is 4.79 Å². The summed E-state index contributed by atoms with van der Waals surface area (Å²) in [7, 11) is -0.259. The van der Waals surface area contributed by atoms with E-state index in [1.165, 1.54) is 7.11 Å². The van der Waals surface area contributed by atoms with Crippen LogP contribution in [0.15, 0.2) is 78.9 Å². The van der Waals surface area contributed by atoms with Gasteiger partial charge in [0.2, 0.25) is 0 Å². The minimum Gasteiger partial charge on any atom is -0.497 e. The van der Waals surface area contributed by atoms with Gasteiger partial charge in [0.15, 0.2) is 6.10 Å². The maximum Gasteiger partial charge on any atom is 0.261 e. The Hall–Kier alpha value is -3.31. The Kier molecular flexibility index (Phi) is 16.2. The summed E-state index contributed by atoms with van der Waals surface area (Å²) in [4.78, 5) is 13.7. The average Bonchev–Trinajstić information content (AvgIpc) is 3.02. The highest BCUT2D eigenvalue weighted by Crippen LogP contribution is 2.22. The second-order valence-corrected chi connectivity index (χ2v) is 13.6. The normalized spacial score (nSPS) is 13.3. The number of sulfone groups is 1. The second-order valence-electron chi connectivity index (χ2n) is 11.3. The lowest BCUT2D eigenvalue weighted by Gasteiger charge is -2.27. The topological polar surface area (TPSA) is 123 Å². The number of hydrogen-bond acceptors (Lipinski definition) is 8. The van der Waals surface area contributed by atoms with Crippen LogP contribution in [0.3, 0.4) is 0 Å². The Labute approximate surface area is 274 Å². The van der Waals surface area contributed by atoms with Crippen LogP contribution in [0.2, 0.25) is 0 Å². The first kappa shape index (κ1) is 37.9. The number of halogens is 1. The first-order valence-corrected chi connectivity index (χ1v) is 16.8. The van der Waals surface area contributed by atoms with Crippen molar-refractivity contribution in [3.8, 4) is 17.2 Å². The first-order chi connectivity index (χ1) is 21.1. The molecule has 0 fully saturated rings. The van der Waals surface area contributed by atoms with Crippen molar-refractivity contribution in [1.29, 1.82) is 0 Å². The second kappa shape index (κ2) is 19.3. The fraction of sp³-hybridized carbons (Fsp3) is 0.441. The van der Waals surface area contributed by atoms with Crippen LogP contribution in [0.5, 0.6) is 17.2 Å². The van der Waals surface area contributed by atoms with E-state index in [-0.39, 0.29) is 42.8 Å². The van der Waals surface area contributed by atoms with E-state index < -0.39 is 34.0 Å². The molecule has 3 aromatic carbocycles. The third-order valence-electron chi connectivity index (χ3n) is 7.22. The molecule has 1 unspecified atom stereocenters. The molecule has 248 valence electrons. The molecule has 11 heteroatoms.